The van der Waals surface area contributed by atoms with Crippen molar-refractivity contribution in [3.63, 3.8) is 0 Å². The van der Waals surface area contributed by atoms with Crippen molar-refractivity contribution in [2.75, 3.05) is 5.32 Å². The van der Waals surface area contributed by atoms with Crippen LogP contribution in [0, 0.1) is 24.0 Å². The van der Waals surface area contributed by atoms with Crippen molar-refractivity contribution >= 4 is 46.5 Å². The molecule has 0 radical (unpaired) electrons. The molecule has 3 heterocycles. The molecule has 6 rings (SSSR count). The van der Waals surface area contributed by atoms with E-state index >= 15 is 0 Å². The molecular weight excluding hydrogens is 645 g/mol. The summed E-state index contributed by atoms with van der Waals surface area (Å²) in [6.45, 7) is 9.67. The zero-order valence-electron chi connectivity index (χ0n) is 26.9. The number of rotatable bonds is 8. The van der Waals surface area contributed by atoms with Crippen molar-refractivity contribution in [3.05, 3.63) is 148 Å². The Kier molecular flexibility index (Phi) is 9.20. The number of thiazole rings is 1. The molecule has 12 heteroatoms. The van der Waals surface area contributed by atoms with Gasteiger partial charge in [0.25, 0.3) is 17.2 Å². The van der Waals surface area contributed by atoms with E-state index < -0.39 is 11.0 Å². The van der Waals surface area contributed by atoms with Crippen molar-refractivity contribution < 1.29 is 9.72 Å². The first-order valence-electron chi connectivity index (χ1n) is 15.3. The smallest absolute Gasteiger partial charge is 0.283 e. The van der Waals surface area contributed by atoms with Crippen molar-refractivity contribution in [1.82, 2.24) is 14.5 Å². The van der Waals surface area contributed by atoms with Crippen molar-refractivity contribution in [1.29, 1.82) is 0 Å². The molecule has 0 spiro atoms. The number of aromatic nitrogens is 3. The van der Waals surface area contributed by atoms with E-state index in [1.54, 1.807) is 41.8 Å². The molecule has 0 unspecified atom stereocenters. The van der Waals surface area contributed by atoms with E-state index in [1.165, 1.54) is 17.4 Å². The highest BCUT2D eigenvalue weighted by Crippen LogP contribution is 2.35. The molecule has 3 aromatic carbocycles. The number of amides is 1. The molecule has 0 aliphatic carbocycles. The molecule has 0 saturated heterocycles. The van der Waals surface area contributed by atoms with Gasteiger partial charge >= 0.3 is 0 Å². The average molecular weight is 677 g/mol. The maximum absolute atomic E-state index is 14.2. The van der Waals surface area contributed by atoms with Gasteiger partial charge in [0.05, 0.1) is 31.7 Å². The first kappa shape index (κ1) is 32.7. The number of nitrogens with zero attached hydrogens (tertiary/aromatic N) is 5. The number of nitro benzene ring substituents is 1. The highest BCUT2D eigenvalue weighted by molar-refractivity contribution is 7.99. The minimum atomic E-state index is -0.737. The predicted molar refractivity (Wildman–Crippen MR) is 188 cm³/mol. The van der Waals surface area contributed by atoms with Gasteiger partial charge < -0.3 is 5.32 Å². The summed E-state index contributed by atoms with van der Waals surface area (Å²) < 4.78 is 1.88. The van der Waals surface area contributed by atoms with Crippen LogP contribution in [-0.4, -0.2) is 25.4 Å². The Balaban J connectivity index is 1.44. The minimum absolute atomic E-state index is 0.122. The van der Waals surface area contributed by atoms with Crippen LogP contribution in [0.1, 0.15) is 60.8 Å². The summed E-state index contributed by atoms with van der Waals surface area (Å²) in [5.74, 6) is -0.0485. The summed E-state index contributed by atoms with van der Waals surface area (Å²) in [4.78, 5) is 54.0. The van der Waals surface area contributed by atoms with Crippen molar-refractivity contribution in [2.24, 2.45) is 4.99 Å². The number of anilines is 1. The summed E-state index contributed by atoms with van der Waals surface area (Å²) in [5, 5.41) is 15.5. The number of allylic oxidation sites excluding steroid dienone is 1. The Morgan fingerprint density at radius 3 is 2.33 bits per heavy atom. The molecule has 0 fully saturated rings. The highest BCUT2D eigenvalue weighted by atomic mass is 32.2. The molecule has 1 amide bonds. The molecule has 1 aliphatic rings. The Bertz CT molecular complexity index is 2260. The third-order valence-electron chi connectivity index (χ3n) is 7.86. The summed E-state index contributed by atoms with van der Waals surface area (Å²) in [7, 11) is 0. The highest BCUT2D eigenvalue weighted by Gasteiger charge is 2.32. The van der Waals surface area contributed by atoms with Crippen LogP contribution in [0.3, 0.4) is 0 Å². The summed E-state index contributed by atoms with van der Waals surface area (Å²) in [6.07, 6.45) is 1.63. The van der Waals surface area contributed by atoms with Gasteiger partial charge in [0.1, 0.15) is 0 Å². The van der Waals surface area contributed by atoms with Crippen molar-refractivity contribution in [2.45, 2.75) is 56.6 Å². The van der Waals surface area contributed by atoms with E-state index in [4.69, 9.17) is 4.99 Å². The number of nitrogens with one attached hydrogen (secondary N) is 1. The second-order valence-corrected chi connectivity index (χ2v) is 13.8. The topological polar surface area (TPSA) is 132 Å². The van der Waals surface area contributed by atoms with Gasteiger partial charge in [0, 0.05) is 23.1 Å². The number of fused-ring (bicyclic) bond motifs is 1. The Morgan fingerprint density at radius 1 is 1.00 bits per heavy atom. The molecule has 1 atom stereocenters. The van der Waals surface area contributed by atoms with E-state index in [0.717, 1.165) is 34.3 Å². The fourth-order valence-corrected chi connectivity index (χ4v) is 7.55. The van der Waals surface area contributed by atoms with E-state index in [1.807, 2.05) is 62.4 Å². The number of carbonyl (C=O) groups is 1. The van der Waals surface area contributed by atoms with Gasteiger partial charge in [0.2, 0.25) is 0 Å². The predicted octanol–water partition coefficient (Wildman–Crippen LogP) is 6.46. The first-order chi connectivity index (χ1) is 23.0. The van der Waals surface area contributed by atoms with Gasteiger partial charge in [-0.25, -0.2) is 15.0 Å². The Morgan fingerprint density at radius 2 is 1.69 bits per heavy atom. The Hall–Kier alpha value is -5.20. The molecule has 48 heavy (non-hydrogen) atoms. The number of hydrogen-bond acceptors (Lipinski definition) is 9. The quantitative estimate of drug-likeness (QED) is 0.113. The van der Waals surface area contributed by atoms with Gasteiger partial charge in [-0.1, -0.05) is 73.7 Å². The molecule has 1 aliphatic heterocycles. The fourth-order valence-electron chi connectivity index (χ4n) is 5.55. The molecule has 2 aromatic heterocycles. The van der Waals surface area contributed by atoms with E-state index in [0.29, 0.717) is 47.8 Å². The lowest BCUT2D eigenvalue weighted by Crippen LogP contribution is -2.40. The number of para-hydroxylation sites is 1. The summed E-state index contributed by atoms with van der Waals surface area (Å²) >= 11 is 2.29. The zero-order valence-corrected chi connectivity index (χ0v) is 28.6. The maximum Gasteiger partial charge on any atom is 0.283 e. The van der Waals surface area contributed by atoms with E-state index in [2.05, 4.69) is 29.1 Å². The van der Waals surface area contributed by atoms with Gasteiger partial charge in [-0.05, 0) is 85.5 Å². The largest absolute Gasteiger partial charge is 0.322 e. The third-order valence-corrected chi connectivity index (χ3v) is 9.77. The SMILES string of the molecule is CC1=C(C(=O)Nc2ccccc2)[C@@H](c2ccc(C(C)C)cc2)n2c(s/c(=C/c3ccc(Sc4nc(C)cc(C)n4)c([N+](=O)[O-])c3)c2=O)=N1. The maximum atomic E-state index is 14.2. The number of benzene rings is 3. The van der Waals surface area contributed by atoms with Crippen LogP contribution >= 0.6 is 23.1 Å². The van der Waals surface area contributed by atoms with Crippen LogP contribution in [-0.2, 0) is 4.79 Å². The van der Waals surface area contributed by atoms with E-state index in [-0.39, 0.29) is 17.2 Å². The molecular formula is C36H32N6O4S2. The number of hydrogen-bond donors (Lipinski definition) is 1. The lowest BCUT2D eigenvalue weighted by Gasteiger charge is -2.25. The first-order valence-corrected chi connectivity index (χ1v) is 16.9. The molecule has 242 valence electrons. The van der Waals surface area contributed by atoms with Crippen LogP contribution in [0.2, 0.25) is 0 Å². The van der Waals surface area contributed by atoms with Crippen molar-refractivity contribution in [3.8, 4) is 0 Å². The van der Waals surface area contributed by atoms with Crippen LogP contribution in [0.4, 0.5) is 11.4 Å². The second-order valence-electron chi connectivity index (χ2n) is 11.7. The van der Waals surface area contributed by atoms with Gasteiger partial charge in [0.15, 0.2) is 9.96 Å². The number of aryl methyl sites for hydroxylation is 2. The van der Waals surface area contributed by atoms with Crippen LogP contribution in [0.15, 0.2) is 110 Å². The summed E-state index contributed by atoms with van der Waals surface area (Å²) in [5.41, 5.74) is 4.94. The van der Waals surface area contributed by atoms with Gasteiger partial charge in [-0.15, -0.1) is 0 Å². The number of nitro groups is 1. The van der Waals surface area contributed by atoms with Crippen LogP contribution in [0.25, 0.3) is 6.08 Å². The molecule has 1 N–H and O–H groups in total. The standard InChI is InChI=1S/C36H32N6O4S2/c1-20(2)25-12-14-26(15-13-25)32-31(33(43)40-27-9-7-6-8-10-27)23(5)39-36-41(32)34(44)30(48-36)19-24-11-16-29(28(18-24)42(45)46)47-35-37-21(3)17-22(4)38-35/h6-20,32H,1-5H3,(H,40,43)/b30-19+/t32-/m1/s1. The average Bonchev–Trinajstić information content (AvgIpc) is 3.34. The van der Waals surface area contributed by atoms with Crippen LogP contribution < -0.4 is 20.2 Å². The molecule has 0 bridgehead atoms. The summed E-state index contributed by atoms with van der Waals surface area (Å²) in [6, 6.07) is 23.0. The monoisotopic (exact) mass is 676 g/mol. The normalized spacial score (nSPS) is 14.5. The fraction of sp³-hybridized carbons (Fsp3) is 0.194. The third kappa shape index (κ3) is 6.76. The van der Waals surface area contributed by atoms with Gasteiger partial charge in [-0.2, -0.15) is 0 Å². The molecule has 5 aromatic rings. The lowest BCUT2D eigenvalue weighted by molar-refractivity contribution is -0.387. The minimum Gasteiger partial charge on any atom is -0.322 e. The zero-order chi connectivity index (χ0) is 34.1. The lowest BCUT2D eigenvalue weighted by atomic mass is 9.93. The second kappa shape index (κ2) is 13.5. The molecule has 0 saturated carbocycles. The van der Waals surface area contributed by atoms with Gasteiger partial charge in [-0.3, -0.25) is 24.3 Å². The number of carbonyl (C=O) groups excluding carboxylic acids is 1. The molecule has 10 nitrogen and oxygen atoms in total. The Labute approximate surface area is 284 Å². The van der Waals surface area contributed by atoms with Crippen LogP contribution in [0.5, 0.6) is 0 Å². The van der Waals surface area contributed by atoms with E-state index in [9.17, 15) is 19.7 Å².